The maximum atomic E-state index is 6.88. The van der Waals surface area contributed by atoms with Crippen molar-refractivity contribution < 1.29 is 13.6 Å². The Morgan fingerprint density at radius 1 is 0.610 bits per heavy atom. The molecule has 0 aliphatic rings. The topological polar surface area (TPSA) is 27.7 Å². The summed E-state index contributed by atoms with van der Waals surface area (Å²) < 4.78 is 20.2. The van der Waals surface area contributed by atoms with Gasteiger partial charge in [-0.05, 0) is 114 Å². The second-order valence-electron chi connectivity index (χ2n) is 14.2. The van der Waals surface area contributed by atoms with Crippen LogP contribution < -0.4 is 4.74 Å². The van der Waals surface area contributed by atoms with Crippen LogP contribution in [-0.4, -0.2) is 23.7 Å². The van der Waals surface area contributed by atoms with Crippen molar-refractivity contribution in [1.82, 2.24) is 0 Å². The number of hydrogen-bond acceptors (Lipinski definition) is 3. The van der Waals surface area contributed by atoms with E-state index in [1.807, 2.05) is 6.07 Å². The van der Waals surface area contributed by atoms with Gasteiger partial charge in [0.15, 0.2) is 16.6 Å². The molecule has 0 saturated carbocycles. The molecule has 0 spiro atoms. The number of fused-ring (bicyclic) bond motifs is 2. The molecule has 0 amide bonds. The highest BCUT2D eigenvalue weighted by Crippen LogP contribution is 2.42. The van der Waals surface area contributed by atoms with Crippen LogP contribution >= 0.6 is 15.9 Å². The minimum absolute atomic E-state index is 0.135. The average Bonchev–Trinajstić information content (AvgIpc) is 2.88. The van der Waals surface area contributed by atoms with Crippen LogP contribution in [0.15, 0.2) is 65.1 Å². The van der Waals surface area contributed by atoms with Gasteiger partial charge in [0, 0.05) is 0 Å². The highest BCUT2D eigenvalue weighted by atomic mass is 79.9. The highest BCUT2D eigenvalue weighted by Gasteiger charge is 2.38. The van der Waals surface area contributed by atoms with Crippen LogP contribution in [0.5, 0.6) is 5.75 Å². The normalized spacial score (nSPS) is 13.3. The van der Waals surface area contributed by atoms with Crippen LogP contribution in [-0.2, 0) is 22.1 Å². The molecule has 4 rings (SSSR count). The van der Waals surface area contributed by atoms with E-state index in [4.69, 9.17) is 13.6 Å². The van der Waals surface area contributed by atoms with E-state index in [2.05, 4.69) is 138 Å². The largest absolute Gasteiger partial charge is 0.496 e. The SMILES string of the molecule is COc1ccc(-c2ccc3c(CO[Si](C)(C)C(C)(C)C)c4ccccc4c(CO[Si](C)(C)C(C)(C)C)c3c2)cc1Br. The minimum Gasteiger partial charge on any atom is -0.496 e. The molecule has 0 N–H and O–H groups in total. The van der Waals surface area contributed by atoms with Gasteiger partial charge < -0.3 is 13.6 Å². The minimum atomic E-state index is -1.97. The molecule has 0 aromatic heterocycles. The van der Waals surface area contributed by atoms with Crippen molar-refractivity contribution in [2.45, 2.75) is 91.0 Å². The van der Waals surface area contributed by atoms with E-state index in [0.29, 0.717) is 13.2 Å². The van der Waals surface area contributed by atoms with Crippen molar-refractivity contribution in [3.63, 3.8) is 0 Å². The predicted octanol–water partition coefficient (Wildman–Crippen LogP) is 11.5. The lowest BCUT2D eigenvalue weighted by Gasteiger charge is -2.37. The van der Waals surface area contributed by atoms with Crippen molar-refractivity contribution in [1.29, 1.82) is 0 Å². The van der Waals surface area contributed by atoms with Crippen LogP contribution in [0.1, 0.15) is 52.7 Å². The predicted molar refractivity (Wildman–Crippen MR) is 185 cm³/mol. The second-order valence-corrected chi connectivity index (χ2v) is 24.7. The molecule has 0 aliphatic heterocycles. The van der Waals surface area contributed by atoms with Crippen molar-refractivity contribution in [3.05, 3.63) is 76.3 Å². The molecule has 6 heteroatoms. The molecule has 41 heavy (non-hydrogen) atoms. The van der Waals surface area contributed by atoms with E-state index >= 15 is 0 Å². The van der Waals surface area contributed by atoms with E-state index in [-0.39, 0.29) is 10.1 Å². The lowest BCUT2D eigenvalue weighted by Crippen LogP contribution is -2.40. The first-order chi connectivity index (χ1) is 19.0. The maximum absolute atomic E-state index is 6.88. The van der Waals surface area contributed by atoms with E-state index in [0.717, 1.165) is 15.8 Å². The zero-order valence-electron chi connectivity index (χ0n) is 26.8. The van der Waals surface area contributed by atoms with Crippen molar-refractivity contribution in [3.8, 4) is 16.9 Å². The third kappa shape index (κ3) is 6.52. The van der Waals surface area contributed by atoms with Gasteiger partial charge in [-0.3, -0.25) is 0 Å². The average molecular weight is 652 g/mol. The third-order valence-corrected chi connectivity index (χ3v) is 19.1. The van der Waals surface area contributed by atoms with Crippen LogP contribution in [0, 0.1) is 0 Å². The van der Waals surface area contributed by atoms with Crippen molar-refractivity contribution >= 4 is 54.1 Å². The number of benzene rings is 4. The Hall–Kier alpha value is -1.97. The summed E-state index contributed by atoms with van der Waals surface area (Å²) in [5.74, 6) is 0.828. The lowest BCUT2D eigenvalue weighted by atomic mass is 9.90. The Balaban J connectivity index is 1.95. The van der Waals surface area contributed by atoms with Gasteiger partial charge in [0.25, 0.3) is 0 Å². The number of halogens is 1. The van der Waals surface area contributed by atoms with Gasteiger partial charge in [0.2, 0.25) is 0 Å². The fourth-order valence-electron chi connectivity index (χ4n) is 4.63. The van der Waals surface area contributed by atoms with Gasteiger partial charge in [-0.2, -0.15) is 0 Å². The summed E-state index contributed by atoms with van der Waals surface area (Å²) in [4.78, 5) is 0. The fourth-order valence-corrected chi connectivity index (χ4v) is 7.05. The quantitative estimate of drug-likeness (QED) is 0.140. The Kier molecular flexibility index (Phi) is 9.05. The van der Waals surface area contributed by atoms with Gasteiger partial charge >= 0.3 is 0 Å². The Bertz CT molecular complexity index is 1560. The van der Waals surface area contributed by atoms with Gasteiger partial charge in [0.05, 0.1) is 24.8 Å². The summed E-state index contributed by atoms with van der Waals surface area (Å²) >= 11 is 3.68. The number of hydrogen-bond donors (Lipinski definition) is 0. The third-order valence-electron chi connectivity index (χ3n) is 9.50. The first kappa shape index (κ1) is 32.0. The van der Waals surface area contributed by atoms with Gasteiger partial charge in [0.1, 0.15) is 5.75 Å². The van der Waals surface area contributed by atoms with E-state index in [1.54, 1.807) is 7.11 Å². The molecule has 0 bridgehead atoms. The summed E-state index contributed by atoms with van der Waals surface area (Å²) in [6, 6.07) is 21.9. The van der Waals surface area contributed by atoms with E-state index < -0.39 is 16.6 Å². The zero-order chi connectivity index (χ0) is 30.4. The molecule has 0 radical (unpaired) electrons. The van der Waals surface area contributed by atoms with Gasteiger partial charge in [-0.1, -0.05) is 84.0 Å². The molecule has 0 aliphatic carbocycles. The second kappa shape index (κ2) is 11.6. The monoisotopic (exact) mass is 650 g/mol. The van der Waals surface area contributed by atoms with Crippen LogP contribution in [0.2, 0.25) is 36.3 Å². The first-order valence-corrected chi connectivity index (χ1v) is 21.2. The molecule has 0 heterocycles. The van der Waals surface area contributed by atoms with E-state index in [9.17, 15) is 0 Å². The standard InChI is InChI=1S/C35H47BrO3Si2/c1-34(2,3)40(8,9)38-22-30-26-14-12-13-15-27(26)31(23-39-41(10,11)35(4,5)6)29-20-24(16-18-28(29)30)25-17-19-33(37-7)32(36)21-25/h12-21H,22-23H2,1-11H3. The molecule has 0 atom stereocenters. The number of rotatable bonds is 8. The van der Waals surface area contributed by atoms with Crippen LogP contribution in [0.25, 0.3) is 32.7 Å². The van der Waals surface area contributed by atoms with Crippen molar-refractivity contribution in [2.75, 3.05) is 7.11 Å². The molecule has 0 unspecified atom stereocenters. The Morgan fingerprint density at radius 2 is 1.05 bits per heavy atom. The number of methoxy groups -OCH3 is 1. The summed E-state index contributed by atoms with van der Waals surface area (Å²) in [5, 5.41) is 5.27. The molecule has 0 saturated heterocycles. The first-order valence-electron chi connectivity index (χ1n) is 14.5. The summed E-state index contributed by atoms with van der Waals surface area (Å²) in [7, 11) is -2.23. The Labute approximate surface area is 258 Å². The van der Waals surface area contributed by atoms with Crippen LogP contribution in [0.4, 0.5) is 0 Å². The maximum Gasteiger partial charge on any atom is 0.192 e. The molecule has 0 fully saturated rings. The molecular formula is C35H47BrO3Si2. The molecule has 4 aromatic rings. The summed E-state index contributed by atoms with van der Waals surface area (Å²) in [6.07, 6.45) is 0. The molecule has 3 nitrogen and oxygen atoms in total. The fraction of sp³-hybridized carbons (Fsp3) is 0.429. The highest BCUT2D eigenvalue weighted by molar-refractivity contribution is 9.10. The van der Waals surface area contributed by atoms with Crippen LogP contribution in [0.3, 0.4) is 0 Å². The summed E-state index contributed by atoms with van der Waals surface area (Å²) in [6.45, 7) is 24.3. The van der Waals surface area contributed by atoms with Gasteiger partial charge in [-0.15, -0.1) is 0 Å². The zero-order valence-corrected chi connectivity index (χ0v) is 30.4. The molecule has 220 valence electrons. The lowest BCUT2D eigenvalue weighted by molar-refractivity contribution is 0.277. The smallest absolute Gasteiger partial charge is 0.192 e. The van der Waals surface area contributed by atoms with E-state index in [1.165, 1.54) is 38.2 Å². The van der Waals surface area contributed by atoms with Gasteiger partial charge in [-0.25, -0.2) is 0 Å². The molecular weight excluding hydrogens is 604 g/mol. The number of ether oxygens (including phenoxy) is 1. The Morgan fingerprint density at radius 3 is 1.51 bits per heavy atom. The summed E-state index contributed by atoms with van der Waals surface area (Å²) in [5.41, 5.74) is 4.83. The molecule has 4 aromatic carbocycles. The van der Waals surface area contributed by atoms with Crippen molar-refractivity contribution in [2.24, 2.45) is 0 Å².